The molecule has 0 aromatic carbocycles. The first-order valence-corrected chi connectivity index (χ1v) is 9.08. The van der Waals surface area contributed by atoms with E-state index in [0.29, 0.717) is 24.5 Å². The summed E-state index contributed by atoms with van der Waals surface area (Å²) >= 11 is 0. The van der Waals surface area contributed by atoms with Gasteiger partial charge in [-0.15, -0.1) is 0 Å². The number of nitrogens with zero attached hydrogens (tertiary/aromatic N) is 1. The van der Waals surface area contributed by atoms with Crippen LogP contribution >= 0.6 is 0 Å². The van der Waals surface area contributed by atoms with Crippen LogP contribution in [0.5, 0.6) is 0 Å². The molecule has 3 nitrogen and oxygen atoms in total. The Morgan fingerprint density at radius 1 is 1.14 bits per heavy atom. The van der Waals surface area contributed by atoms with Gasteiger partial charge in [0.05, 0.1) is 18.8 Å². The molecular weight excluding hydrogens is 262 g/mol. The van der Waals surface area contributed by atoms with Crippen LogP contribution in [0.2, 0.25) is 0 Å². The number of β-amino-alcohol motifs (C(OH)–C–C–N with tert-alkyl or cyclic N) is 1. The predicted octanol–water partition coefficient (Wildman–Crippen LogP) is 3.31. The first-order valence-electron chi connectivity index (χ1n) is 9.08. The molecule has 0 amide bonds. The summed E-state index contributed by atoms with van der Waals surface area (Å²) in [5.74, 6) is 2.12. The molecule has 3 heteroatoms. The molecule has 1 aliphatic carbocycles. The second kappa shape index (κ2) is 8.50. The summed E-state index contributed by atoms with van der Waals surface area (Å²) in [5, 5.41) is 10.3. The van der Waals surface area contributed by atoms with Gasteiger partial charge in [0, 0.05) is 6.54 Å². The Kier molecular flexibility index (Phi) is 6.97. The topological polar surface area (TPSA) is 32.7 Å². The summed E-state index contributed by atoms with van der Waals surface area (Å²) in [4.78, 5) is 2.39. The summed E-state index contributed by atoms with van der Waals surface area (Å²) in [6, 6.07) is 0. The van der Waals surface area contributed by atoms with E-state index in [1.807, 2.05) is 0 Å². The molecule has 4 atom stereocenters. The van der Waals surface area contributed by atoms with Gasteiger partial charge in [-0.3, -0.25) is 0 Å². The third-order valence-corrected chi connectivity index (χ3v) is 5.38. The van der Waals surface area contributed by atoms with Crippen LogP contribution < -0.4 is 0 Å². The minimum Gasteiger partial charge on any atom is -0.389 e. The molecule has 0 spiro atoms. The van der Waals surface area contributed by atoms with Crippen molar-refractivity contribution >= 4 is 0 Å². The Labute approximate surface area is 131 Å². The number of ether oxygens (including phenoxy) is 1. The number of aliphatic hydroxyl groups excluding tert-OH is 1. The van der Waals surface area contributed by atoms with Crippen LogP contribution in [0.15, 0.2) is 0 Å². The Hall–Kier alpha value is -0.120. The molecule has 2 fully saturated rings. The molecule has 1 saturated carbocycles. The van der Waals surface area contributed by atoms with Gasteiger partial charge in [-0.2, -0.15) is 0 Å². The van der Waals surface area contributed by atoms with Crippen LogP contribution in [-0.2, 0) is 4.74 Å². The van der Waals surface area contributed by atoms with E-state index in [2.05, 4.69) is 25.7 Å². The van der Waals surface area contributed by atoms with Crippen molar-refractivity contribution in [1.82, 2.24) is 4.90 Å². The first-order chi connectivity index (χ1) is 10.1. The zero-order valence-corrected chi connectivity index (χ0v) is 14.3. The standard InChI is InChI=1S/C18H35NO2/c1-14(2)17-8-7-15(3)11-18(17)21-13-16(20)12-19-9-5-4-6-10-19/h14-18,20H,4-13H2,1-3H3/t15-,16+,17-,18+/m1/s1. The lowest BCUT2D eigenvalue weighted by Gasteiger charge is -2.38. The molecule has 124 valence electrons. The summed E-state index contributed by atoms with van der Waals surface area (Å²) in [7, 11) is 0. The summed E-state index contributed by atoms with van der Waals surface area (Å²) in [6.45, 7) is 10.5. The number of hydrogen-bond donors (Lipinski definition) is 1. The Balaban J connectivity index is 1.73. The molecule has 0 unspecified atom stereocenters. The Morgan fingerprint density at radius 2 is 1.86 bits per heavy atom. The highest BCUT2D eigenvalue weighted by atomic mass is 16.5. The van der Waals surface area contributed by atoms with Gasteiger partial charge < -0.3 is 14.7 Å². The van der Waals surface area contributed by atoms with Crippen molar-refractivity contribution in [3.8, 4) is 0 Å². The lowest BCUT2D eigenvalue weighted by atomic mass is 9.75. The van der Waals surface area contributed by atoms with Crippen molar-refractivity contribution in [2.24, 2.45) is 17.8 Å². The van der Waals surface area contributed by atoms with Crippen LogP contribution in [0.1, 0.15) is 59.3 Å². The Morgan fingerprint density at radius 3 is 2.52 bits per heavy atom. The molecule has 21 heavy (non-hydrogen) atoms. The average Bonchev–Trinajstić information content (AvgIpc) is 2.46. The van der Waals surface area contributed by atoms with Crippen LogP contribution in [0, 0.1) is 17.8 Å². The van der Waals surface area contributed by atoms with Gasteiger partial charge in [0.15, 0.2) is 0 Å². The van der Waals surface area contributed by atoms with Gasteiger partial charge in [0.2, 0.25) is 0 Å². The molecule has 1 heterocycles. The van der Waals surface area contributed by atoms with E-state index >= 15 is 0 Å². The highest BCUT2D eigenvalue weighted by Crippen LogP contribution is 2.35. The average molecular weight is 297 g/mol. The lowest BCUT2D eigenvalue weighted by molar-refractivity contribution is -0.0744. The van der Waals surface area contributed by atoms with Gasteiger partial charge in [-0.1, -0.05) is 33.6 Å². The summed E-state index contributed by atoms with van der Waals surface area (Å²) in [6.07, 6.45) is 7.72. The molecule has 0 aromatic heterocycles. The van der Waals surface area contributed by atoms with Crippen molar-refractivity contribution in [3.63, 3.8) is 0 Å². The van der Waals surface area contributed by atoms with Crippen molar-refractivity contribution in [1.29, 1.82) is 0 Å². The SMILES string of the molecule is CC(C)[C@H]1CC[C@@H](C)C[C@@H]1OC[C@@H](O)CN1CCCCC1. The molecule has 2 aliphatic rings. The number of aliphatic hydroxyl groups is 1. The number of likely N-dealkylation sites (tertiary alicyclic amines) is 1. The Bertz CT molecular complexity index is 289. The van der Waals surface area contributed by atoms with E-state index in [1.165, 1.54) is 38.5 Å². The van der Waals surface area contributed by atoms with E-state index in [1.54, 1.807) is 0 Å². The molecular formula is C18H35NO2. The lowest BCUT2D eigenvalue weighted by Crippen LogP contribution is -2.40. The normalized spacial score (nSPS) is 33.3. The van der Waals surface area contributed by atoms with Gasteiger partial charge in [0.1, 0.15) is 0 Å². The molecule has 0 bridgehead atoms. The van der Waals surface area contributed by atoms with Crippen molar-refractivity contribution in [2.45, 2.75) is 71.5 Å². The van der Waals surface area contributed by atoms with Crippen LogP contribution in [0.25, 0.3) is 0 Å². The maximum Gasteiger partial charge on any atom is 0.0900 e. The second-order valence-electron chi connectivity index (χ2n) is 7.71. The summed E-state index contributed by atoms with van der Waals surface area (Å²) < 4.78 is 6.15. The zero-order valence-electron chi connectivity index (χ0n) is 14.3. The fourth-order valence-corrected chi connectivity index (χ4v) is 4.03. The maximum atomic E-state index is 10.3. The highest BCUT2D eigenvalue weighted by Gasteiger charge is 2.31. The number of piperidine rings is 1. The largest absolute Gasteiger partial charge is 0.389 e. The van der Waals surface area contributed by atoms with Crippen LogP contribution in [0.4, 0.5) is 0 Å². The van der Waals surface area contributed by atoms with E-state index < -0.39 is 0 Å². The summed E-state index contributed by atoms with van der Waals surface area (Å²) in [5.41, 5.74) is 0. The van der Waals surface area contributed by atoms with Crippen molar-refractivity contribution in [3.05, 3.63) is 0 Å². The van der Waals surface area contributed by atoms with Gasteiger partial charge in [-0.25, -0.2) is 0 Å². The third-order valence-electron chi connectivity index (χ3n) is 5.38. The van der Waals surface area contributed by atoms with Crippen LogP contribution in [0.3, 0.4) is 0 Å². The quantitative estimate of drug-likeness (QED) is 0.816. The minimum atomic E-state index is -0.326. The molecule has 1 aliphatic heterocycles. The molecule has 0 radical (unpaired) electrons. The number of rotatable bonds is 6. The monoisotopic (exact) mass is 297 g/mol. The third kappa shape index (κ3) is 5.54. The first kappa shape index (κ1) is 17.2. The fraction of sp³-hybridized carbons (Fsp3) is 1.00. The smallest absolute Gasteiger partial charge is 0.0900 e. The molecule has 0 aromatic rings. The highest BCUT2D eigenvalue weighted by molar-refractivity contribution is 4.82. The van der Waals surface area contributed by atoms with E-state index in [0.717, 1.165) is 25.6 Å². The van der Waals surface area contributed by atoms with E-state index in [4.69, 9.17) is 4.74 Å². The van der Waals surface area contributed by atoms with Crippen molar-refractivity contribution < 1.29 is 9.84 Å². The van der Waals surface area contributed by atoms with Gasteiger partial charge in [0.25, 0.3) is 0 Å². The van der Waals surface area contributed by atoms with E-state index in [9.17, 15) is 5.11 Å². The zero-order chi connectivity index (χ0) is 15.2. The van der Waals surface area contributed by atoms with Crippen molar-refractivity contribution in [2.75, 3.05) is 26.2 Å². The van der Waals surface area contributed by atoms with Gasteiger partial charge in [-0.05, 0) is 56.5 Å². The van der Waals surface area contributed by atoms with Gasteiger partial charge >= 0.3 is 0 Å². The molecule has 1 saturated heterocycles. The predicted molar refractivity (Wildman–Crippen MR) is 87.4 cm³/mol. The second-order valence-corrected chi connectivity index (χ2v) is 7.71. The fourth-order valence-electron chi connectivity index (χ4n) is 4.03. The molecule has 1 N–H and O–H groups in total. The minimum absolute atomic E-state index is 0.326. The number of hydrogen-bond acceptors (Lipinski definition) is 3. The van der Waals surface area contributed by atoms with Crippen LogP contribution in [-0.4, -0.2) is 48.5 Å². The van der Waals surface area contributed by atoms with E-state index in [-0.39, 0.29) is 6.10 Å². The molecule has 2 rings (SSSR count). The maximum absolute atomic E-state index is 10.3.